The second-order valence-electron chi connectivity index (χ2n) is 3.28. The van der Waals surface area contributed by atoms with Crippen LogP contribution in [-0.4, -0.2) is 36.8 Å². The zero-order valence-electron chi connectivity index (χ0n) is 6.71. The van der Waals surface area contributed by atoms with Crippen LogP contribution in [0.1, 0.15) is 19.3 Å². The fourth-order valence-corrected chi connectivity index (χ4v) is 1.69. The van der Waals surface area contributed by atoms with E-state index in [1.807, 2.05) is 0 Å². The third-order valence-corrected chi connectivity index (χ3v) is 2.26. The molecule has 1 atom stereocenters. The van der Waals surface area contributed by atoms with Gasteiger partial charge >= 0.3 is 0 Å². The number of rotatable bonds is 2. The van der Waals surface area contributed by atoms with E-state index in [1.54, 1.807) is 0 Å². The third-order valence-electron chi connectivity index (χ3n) is 2.26. The van der Waals surface area contributed by atoms with Crippen molar-refractivity contribution in [2.24, 2.45) is 5.92 Å². The van der Waals surface area contributed by atoms with E-state index in [4.69, 9.17) is 5.11 Å². The molecule has 0 aliphatic carbocycles. The number of aliphatic hydroxyl groups excluding tert-OH is 1. The van der Waals surface area contributed by atoms with E-state index < -0.39 is 0 Å². The van der Waals surface area contributed by atoms with Gasteiger partial charge < -0.3 is 10.0 Å². The van der Waals surface area contributed by atoms with E-state index in [0.717, 1.165) is 12.3 Å². The van der Waals surface area contributed by atoms with Crippen LogP contribution in [-0.2, 0) is 0 Å². The Labute approximate surface area is 62.8 Å². The maximum absolute atomic E-state index is 8.69. The summed E-state index contributed by atoms with van der Waals surface area (Å²) >= 11 is 0. The van der Waals surface area contributed by atoms with Gasteiger partial charge in [0.25, 0.3) is 0 Å². The monoisotopic (exact) mass is 143 g/mol. The van der Waals surface area contributed by atoms with Crippen LogP contribution in [0.2, 0.25) is 0 Å². The Kier molecular flexibility index (Phi) is 3.16. The summed E-state index contributed by atoms with van der Waals surface area (Å²) in [6.45, 7) is 2.78. The lowest BCUT2D eigenvalue weighted by atomic mass is 9.96. The Balaban J connectivity index is 2.18. The molecule has 1 rings (SSSR count). The van der Waals surface area contributed by atoms with E-state index in [2.05, 4.69) is 11.9 Å². The van der Waals surface area contributed by atoms with E-state index in [0.29, 0.717) is 6.61 Å². The van der Waals surface area contributed by atoms with Crippen molar-refractivity contribution in [2.75, 3.05) is 26.7 Å². The van der Waals surface area contributed by atoms with Gasteiger partial charge in [-0.15, -0.1) is 0 Å². The minimum atomic E-state index is 0.360. The molecule has 0 spiro atoms. The molecule has 10 heavy (non-hydrogen) atoms. The SMILES string of the molecule is CN1CCC[C@H](CCO)C1. The first-order valence-electron chi connectivity index (χ1n) is 4.12. The van der Waals surface area contributed by atoms with E-state index in [1.165, 1.54) is 25.9 Å². The van der Waals surface area contributed by atoms with Gasteiger partial charge in [-0.2, -0.15) is 0 Å². The number of piperidine rings is 1. The van der Waals surface area contributed by atoms with Crippen LogP contribution in [0.3, 0.4) is 0 Å². The van der Waals surface area contributed by atoms with Crippen molar-refractivity contribution in [1.29, 1.82) is 0 Å². The molecule has 0 radical (unpaired) electrons. The van der Waals surface area contributed by atoms with Crippen molar-refractivity contribution in [2.45, 2.75) is 19.3 Å². The van der Waals surface area contributed by atoms with Gasteiger partial charge in [-0.05, 0) is 38.8 Å². The molecular formula is C8H17NO. The van der Waals surface area contributed by atoms with Crippen LogP contribution in [0.5, 0.6) is 0 Å². The molecule has 0 aromatic heterocycles. The molecule has 0 aromatic carbocycles. The highest BCUT2D eigenvalue weighted by atomic mass is 16.3. The molecule has 0 amide bonds. The third kappa shape index (κ3) is 2.27. The average Bonchev–Trinajstić information content (AvgIpc) is 1.88. The van der Waals surface area contributed by atoms with Crippen molar-refractivity contribution in [3.05, 3.63) is 0 Å². The summed E-state index contributed by atoms with van der Waals surface area (Å²) < 4.78 is 0. The summed E-state index contributed by atoms with van der Waals surface area (Å²) in [4.78, 5) is 2.35. The standard InChI is InChI=1S/C8H17NO/c1-9-5-2-3-8(7-9)4-6-10/h8,10H,2-7H2,1H3/t8-/m1/s1. The molecule has 1 heterocycles. The molecule has 2 nitrogen and oxygen atoms in total. The van der Waals surface area contributed by atoms with Gasteiger partial charge in [-0.1, -0.05) is 0 Å². The predicted molar refractivity (Wildman–Crippen MR) is 41.9 cm³/mol. The predicted octanol–water partition coefficient (Wildman–Crippen LogP) is 0.711. The molecule has 1 N–H and O–H groups in total. The summed E-state index contributed by atoms with van der Waals surface area (Å²) in [5.74, 6) is 0.753. The summed E-state index contributed by atoms with van der Waals surface area (Å²) in [5, 5.41) is 8.69. The smallest absolute Gasteiger partial charge is 0.0434 e. The first-order chi connectivity index (χ1) is 4.83. The van der Waals surface area contributed by atoms with Crippen LogP contribution >= 0.6 is 0 Å². The van der Waals surface area contributed by atoms with Crippen LogP contribution < -0.4 is 0 Å². The van der Waals surface area contributed by atoms with Gasteiger partial charge in [0, 0.05) is 13.2 Å². The van der Waals surface area contributed by atoms with E-state index in [-0.39, 0.29) is 0 Å². The largest absolute Gasteiger partial charge is 0.396 e. The van der Waals surface area contributed by atoms with Gasteiger partial charge in [0.15, 0.2) is 0 Å². The van der Waals surface area contributed by atoms with Crippen molar-refractivity contribution >= 4 is 0 Å². The zero-order chi connectivity index (χ0) is 7.40. The Hall–Kier alpha value is -0.0800. The molecule has 60 valence electrons. The summed E-state index contributed by atoms with van der Waals surface area (Å²) in [5.41, 5.74) is 0. The molecule has 0 unspecified atom stereocenters. The van der Waals surface area contributed by atoms with Crippen LogP contribution in [0, 0.1) is 5.92 Å². The maximum Gasteiger partial charge on any atom is 0.0434 e. The second-order valence-corrected chi connectivity index (χ2v) is 3.28. The lowest BCUT2D eigenvalue weighted by Gasteiger charge is -2.29. The number of nitrogens with zero attached hydrogens (tertiary/aromatic N) is 1. The van der Waals surface area contributed by atoms with Crippen LogP contribution in [0.15, 0.2) is 0 Å². The first kappa shape index (κ1) is 8.02. The topological polar surface area (TPSA) is 23.5 Å². The molecule has 1 fully saturated rings. The van der Waals surface area contributed by atoms with Crippen molar-refractivity contribution in [1.82, 2.24) is 4.90 Å². The number of likely N-dealkylation sites (tertiary alicyclic amines) is 1. The fourth-order valence-electron chi connectivity index (χ4n) is 1.69. The molecular weight excluding hydrogens is 126 g/mol. The van der Waals surface area contributed by atoms with E-state index in [9.17, 15) is 0 Å². The van der Waals surface area contributed by atoms with Crippen LogP contribution in [0.4, 0.5) is 0 Å². The molecule has 1 aliphatic heterocycles. The van der Waals surface area contributed by atoms with Gasteiger partial charge in [0.1, 0.15) is 0 Å². The summed E-state index contributed by atoms with van der Waals surface area (Å²) in [7, 11) is 2.16. The lowest BCUT2D eigenvalue weighted by Crippen LogP contribution is -2.32. The summed E-state index contributed by atoms with van der Waals surface area (Å²) in [6.07, 6.45) is 3.61. The van der Waals surface area contributed by atoms with Crippen LogP contribution in [0.25, 0.3) is 0 Å². The average molecular weight is 143 g/mol. The molecule has 1 saturated heterocycles. The Morgan fingerprint density at radius 3 is 3.00 bits per heavy atom. The number of aliphatic hydroxyl groups is 1. The molecule has 0 saturated carbocycles. The van der Waals surface area contributed by atoms with Gasteiger partial charge in [0.05, 0.1) is 0 Å². The normalized spacial score (nSPS) is 28.8. The van der Waals surface area contributed by atoms with Gasteiger partial charge in [-0.25, -0.2) is 0 Å². The van der Waals surface area contributed by atoms with Gasteiger partial charge in [-0.3, -0.25) is 0 Å². The number of hydrogen-bond acceptors (Lipinski definition) is 2. The quantitative estimate of drug-likeness (QED) is 0.615. The maximum atomic E-state index is 8.69. The Morgan fingerprint density at radius 1 is 1.60 bits per heavy atom. The number of hydrogen-bond donors (Lipinski definition) is 1. The minimum absolute atomic E-state index is 0.360. The highest BCUT2D eigenvalue weighted by Gasteiger charge is 2.15. The second kappa shape index (κ2) is 3.94. The molecule has 1 aliphatic rings. The Bertz CT molecular complexity index is 93.3. The fraction of sp³-hybridized carbons (Fsp3) is 1.00. The zero-order valence-corrected chi connectivity index (χ0v) is 6.71. The highest BCUT2D eigenvalue weighted by molar-refractivity contribution is 4.69. The highest BCUT2D eigenvalue weighted by Crippen LogP contribution is 2.17. The minimum Gasteiger partial charge on any atom is -0.396 e. The molecule has 2 heteroatoms. The Morgan fingerprint density at radius 2 is 2.40 bits per heavy atom. The van der Waals surface area contributed by atoms with Gasteiger partial charge in [0.2, 0.25) is 0 Å². The molecule has 0 aromatic rings. The van der Waals surface area contributed by atoms with Crippen molar-refractivity contribution in [3.8, 4) is 0 Å². The van der Waals surface area contributed by atoms with Crippen molar-refractivity contribution in [3.63, 3.8) is 0 Å². The summed E-state index contributed by atoms with van der Waals surface area (Å²) in [6, 6.07) is 0. The lowest BCUT2D eigenvalue weighted by molar-refractivity contribution is 0.171. The first-order valence-corrected chi connectivity index (χ1v) is 4.12. The van der Waals surface area contributed by atoms with Crippen molar-refractivity contribution < 1.29 is 5.11 Å². The van der Waals surface area contributed by atoms with E-state index >= 15 is 0 Å². The molecule has 0 bridgehead atoms.